The number of alkyl halides is 3. The molecule has 30 heavy (non-hydrogen) atoms. The molecule has 2 aromatic rings. The first-order valence-corrected chi connectivity index (χ1v) is 8.68. The number of benzene rings is 2. The summed E-state index contributed by atoms with van der Waals surface area (Å²) in [5.41, 5.74) is 2.42. The number of oxime groups is 2. The van der Waals surface area contributed by atoms with Crippen LogP contribution >= 0.6 is 0 Å². The van der Waals surface area contributed by atoms with Crippen LogP contribution in [-0.2, 0) is 21.1 Å². The van der Waals surface area contributed by atoms with Gasteiger partial charge in [-0.15, -0.1) is 13.2 Å². The third-order valence-electron chi connectivity index (χ3n) is 3.87. The number of hydrogen-bond acceptors (Lipinski definition) is 6. The average Bonchev–Trinajstić information content (AvgIpc) is 2.69. The van der Waals surface area contributed by atoms with Crippen molar-refractivity contribution in [1.82, 2.24) is 5.32 Å². The summed E-state index contributed by atoms with van der Waals surface area (Å²) in [6, 6.07) is 10.6. The zero-order valence-corrected chi connectivity index (χ0v) is 16.5. The van der Waals surface area contributed by atoms with Gasteiger partial charge in [-0.25, -0.2) is 0 Å². The summed E-state index contributed by atoms with van der Waals surface area (Å²) < 4.78 is 40.8. The largest absolute Gasteiger partial charge is 0.573 e. The van der Waals surface area contributed by atoms with E-state index in [1.165, 1.54) is 38.6 Å². The molecule has 7 nitrogen and oxygen atoms in total. The molecule has 10 heteroatoms. The van der Waals surface area contributed by atoms with Crippen molar-refractivity contribution in [3.63, 3.8) is 0 Å². The summed E-state index contributed by atoms with van der Waals surface area (Å²) in [5.74, 6) is -0.799. The summed E-state index contributed by atoms with van der Waals surface area (Å²) >= 11 is 0. The van der Waals surface area contributed by atoms with Crippen LogP contribution in [0.25, 0.3) is 0 Å². The number of nitrogens with one attached hydrogen (secondary N) is 1. The minimum absolute atomic E-state index is 0.00300. The van der Waals surface area contributed by atoms with E-state index in [0.29, 0.717) is 16.7 Å². The van der Waals surface area contributed by atoms with Crippen molar-refractivity contribution in [3.05, 3.63) is 64.7 Å². The standard InChI is InChI=1S/C20H20F3N3O4/c1-13-6-4-9-16(18(26-28-3)19(27)24-2)17(13)12-29-25-11-14-7-5-8-15(10-14)30-20(21,22)23/h4-11H,12H2,1-3H3,(H,24,27)/b25-11+,26-18+. The predicted molar refractivity (Wildman–Crippen MR) is 104 cm³/mol. The number of aryl methyl sites for hydroxylation is 1. The third-order valence-corrected chi connectivity index (χ3v) is 3.87. The van der Waals surface area contributed by atoms with E-state index in [0.717, 1.165) is 5.56 Å². The van der Waals surface area contributed by atoms with Crippen LogP contribution in [0.5, 0.6) is 5.75 Å². The number of rotatable bonds is 8. The van der Waals surface area contributed by atoms with E-state index in [2.05, 4.69) is 20.4 Å². The van der Waals surface area contributed by atoms with Gasteiger partial charge in [0.05, 0.1) is 6.21 Å². The maximum atomic E-state index is 12.3. The van der Waals surface area contributed by atoms with E-state index in [1.54, 1.807) is 18.2 Å². The van der Waals surface area contributed by atoms with E-state index in [1.807, 2.05) is 13.0 Å². The maximum absolute atomic E-state index is 12.3. The van der Waals surface area contributed by atoms with Crippen molar-refractivity contribution in [1.29, 1.82) is 0 Å². The minimum atomic E-state index is -4.78. The van der Waals surface area contributed by atoms with Gasteiger partial charge in [-0.2, -0.15) is 0 Å². The number of nitrogens with zero attached hydrogens (tertiary/aromatic N) is 2. The fraction of sp³-hybridized carbons (Fsp3) is 0.250. The van der Waals surface area contributed by atoms with Crippen LogP contribution in [0.3, 0.4) is 0 Å². The predicted octanol–water partition coefficient (Wildman–Crippen LogP) is 3.54. The van der Waals surface area contributed by atoms with Crippen molar-refractivity contribution in [2.45, 2.75) is 19.9 Å². The van der Waals surface area contributed by atoms with Gasteiger partial charge in [-0.05, 0) is 30.2 Å². The van der Waals surface area contributed by atoms with E-state index in [-0.39, 0.29) is 18.1 Å². The van der Waals surface area contributed by atoms with Crippen molar-refractivity contribution >= 4 is 17.8 Å². The van der Waals surface area contributed by atoms with Crippen LogP contribution in [-0.4, -0.2) is 38.4 Å². The molecule has 0 saturated heterocycles. The highest BCUT2D eigenvalue weighted by Crippen LogP contribution is 2.23. The molecule has 0 unspecified atom stereocenters. The van der Waals surface area contributed by atoms with E-state index < -0.39 is 12.3 Å². The quantitative estimate of drug-likeness (QED) is 0.520. The SMILES string of the molecule is CNC(=O)/C(=N/OC)c1cccc(C)c1CO/N=C/c1cccc(OC(F)(F)F)c1. The molecule has 0 heterocycles. The lowest BCUT2D eigenvalue weighted by Crippen LogP contribution is -2.29. The Balaban J connectivity index is 2.16. The Labute approximate surface area is 171 Å². The van der Waals surface area contributed by atoms with Crippen molar-refractivity contribution in [3.8, 4) is 5.75 Å². The van der Waals surface area contributed by atoms with Gasteiger partial charge in [-0.1, -0.05) is 40.6 Å². The first kappa shape index (κ1) is 22.7. The molecule has 2 rings (SSSR count). The van der Waals surface area contributed by atoms with Crippen LogP contribution < -0.4 is 10.1 Å². The number of carbonyl (C=O) groups is 1. The lowest BCUT2D eigenvalue weighted by Gasteiger charge is -2.12. The molecule has 0 fully saturated rings. The number of carbonyl (C=O) groups excluding carboxylic acids is 1. The summed E-state index contributed by atoms with van der Waals surface area (Å²) in [7, 11) is 2.80. The summed E-state index contributed by atoms with van der Waals surface area (Å²) in [6.07, 6.45) is -3.52. The zero-order valence-electron chi connectivity index (χ0n) is 16.5. The molecular weight excluding hydrogens is 403 g/mol. The molecule has 0 saturated carbocycles. The van der Waals surface area contributed by atoms with Gasteiger partial charge in [-0.3, -0.25) is 4.79 Å². The zero-order chi connectivity index (χ0) is 22.1. The molecule has 0 aliphatic carbocycles. The van der Waals surface area contributed by atoms with Gasteiger partial charge in [0.15, 0.2) is 5.71 Å². The molecule has 1 N–H and O–H groups in total. The van der Waals surface area contributed by atoms with Gasteiger partial charge in [0.25, 0.3) is 5.91 Å². The maximum Gasteiger partial charge on any atom is 0.573 e. The number of likely N-dealkylation sites (N-methyl/N-ethyl adjacent to an activating group) is 1. The first-order chi connectivity index (χ1) is 14.2. The summed E-state index contributed by atoms with van der Waals surface area (Å²) in [5, 5.41) is 10.1. The Hall–Kier alpha value is -3.56. The molecule has 0 aliphatic heterocycles. The Morgan fingerprint density at radius 3 is 2.60 bits per heavy atom. The van der Waals surface area contributed by atoms with Crippen LogP contribution in [0.4, 0.5) is 13.2 Å². The van der Waals surface area contributed by atoms with Crippen LogP contribution in [0, 0.1) is 6.92 Å². The van der Waals surface area contributed by atoms with Gasteiger partial charge in [0, 0.05) is 18.2 Å². The smallest absolute Gasteiger partial charge is 0.406 e. The first-order valence-electron chi connectivity index (χ1n) is 8.68. The second kappa shape index (κ2) is 10.3. The summed E-state index contributed by atoms with van der Waals surface area (Å²) in [4.78, 5) is 22.2. The van der Waals surface area contributed by atoms with Gasteiger partial charge >= 0.3 is 6.36 Å². The molecule has 2 aromatic carbocycles. The average molecular weight is 423 g/mol. The van der Waals surface area contributed by atoms with E-state index in [9.17, 15) is 18.0 Å². The Morgan fingerprint density at radius 1 is 1.20 bits per heavy atom. The molecule has 0 atom stereocenters. The van der Waals surface area contributed by atoms with Crippen LogP contribution in [0.15, 0.2) is 52.8 Å². The highest BCUT2D eigenvalue weighted by Gasteiger charge is 2.31. The monoisotopic (exact) mass is 423 g/mol. The van der Waals surface area contributed by atoms with Crippen LogP contribution in [0.2, 0.25) is 0 Å². The number of ether oxygens (including phenoxy) is 1. The highest BCUT2D eigenvalue weighted by atomic mass is 19.4. The molecule has 0 aromatic heterocycles. The lowest BCUT2D eigenvalue weighted by molar-refractivity contribution is -0.274. The Kier molecular flexibility index (Phi) is 7.79. The second-order valence-electron chi connectivity index (χ2n) is 5.93. The number of hydrogen-bond donors (Lipinski definition) is 1. The molecule has 1 amide bonds. The van der Waals surface area contributed by atoms with Gasteiger partial charge in [0.2, 0.25) is 0 Å². The molecular formula is C20H20F3N3O4. The summed E-state index contributed by atoms with van der Waals surface area (Å²) in [6.45, 7) is 1.83. The van der Waals surface area contributed by atoms with Gasteiger partial charge < -0.3 is 19.7 Å². The molecule has 0 spiro atoms. The third kappa shape index (κ3) is 6.50. The fourth-order valence-corrected chi connectivity index (χ4v) is 2.53. The number of halogens is 3. The fourth-order valence-electron chi connectivity index (χ4n) is 2.53. The van der Waals surface area contributed by atoms with Crippen molar-refractivity contribution in [2.24, 2.45) is 10.3 Å². The van der Waals surface area contributed by atoms with Crippen LogP contribution in [0.1, 0.15) is 22.3 Å². The van der Waals surface area contributed by atoms with E-state index >= 15 is 0 Å². The molecule has 0 aliphatic rings. The van der Waals surface area contributed by atoms with Crippen molar-refractivity contribution in [2.75, 3.05) is 14.2 Å². The highest BCUT2D eigenvalue weighted by molar-refractivity contribution is 6.45. The Bertz CT molecular complexity index is 943. The second-order valence-corrected chi connectivity index (χ2v) is 5.93. The van der Waals surface area contributed by atoms with E-state index in [4.69, 9.17) is 9.68 Å². The number of amides is 1. The molecule has 0 radical (unpaired) electrons. The molecule has 0 bridgehead atoms. The molecule has 160 valence electrons. The normalized spacial score (nSPS) is 12.0. The Morgan fingerprint density at radius 2 is 1.93 bits per heavy atom. The minimum Gasteiger partial charge on any atom is -0.406 e. The topological polar surface area (TPSA) is 81.5 Å². The van der Waals surface area contributed by atoms with Gasteiger partial charge in [0.1, 0.15) is 19.5 Å². The van der Waals surface area contributed by atoms with Crippen molar-refractivity contribution < 1.29 is 32.4 Å². The lowest BCUT2D eigenvalue weighted by atomic mass is 9.98.